The molecule has 1 aromatic heterocycles. The summed E-state index contributed by atoms with van der Waals surface area (Å²) in [6, 6.07) is 7.59. The SMILES string of the molecule is NC1CCCc2cn(Cc3cccc(O)c3)cc21. The van der Waals surface area contributed by atoms with E-state index in [0.29, 0.717) is 5.75 Å². The summed E-state index contributed by atoms with van der Waals surface area (Å²) < 4.78 is 2.17. The van der Waals surface area contributed by atoms with Crippen LogP contribution in [0.3, 0.4) is 0 Å². The fourth-order valence-electron chi connectivity index (χ4n) is 2.74. The van der Waals surface area contributed by atoms with Crippen LogP contribution in [0.4, 0.5) is 0 Å². The first-order chi connectivity index (χ1) is 8.72. The second-order valence-corrected chi connectivity index (χ2v) is 5.08. The van der Waals surface area contributed by atoms with Gasteiger partial charge in [-0.1, -0.05) is 12.1 Å². The Hall–Kier alpha value is -1.74. The zero-order valence-electron chi connectivity index (χ0n) is 10.3. The van der Waals surface area contributed by atoms with Gasteiger partial charge in [0.25, 0.3) is 0 Å². The number of aromatic hydroxyl groups is 1. The highest BCUT2D eigenvalue weighted by molar-refractivity contribution is 5.32. The lowest BCUT2D eigenvalue weighted by atomic mass is 9.92. The van der Waals surface area contributed by atoms with E-state index < -0.39 is 0 Å². The fraction of sp³-hybridized carbons (Fsp3) is 0.333. The van der Waals surface area contributed by atoms with Gasteiger partial charge in [0.15, 0.2) is 0 Å². The number of nitrogens with zero attached hydrogens (tertiary/aromatic N) is 1. The normalized spacial score (nSPS) is 18.6. The average Bonchev–Trinajstić information content (AvgIpc) is 2.73. The Morgan fingerprint density at radius 1 is 1.33 bits per heavy atom. The maximum Gasteiger partial charge on any atom is 0.115 e. The minimum absolute atomic E-state index is 0.194. The number of nitrogens with two attached hydrogens (primary N) is 1. The van der Waals surface area contributed by atoms with Crippen LogP contribution in [0.1, 0.15) is 35.6 Å². The van der Waals surface area contributed by atoms with Crippen molar-refractivity contribution < 1.29 is 5.11 Å². The Balaban J connectivity index is 1.85. The van der Waals surface area contributed by atoms with Gasteiger partial charge < -0.3 is 15.4 Å². The Labute approximate surface area is 107 Å². The molecule has 0 saturated heterocycles. The van der Waals surface area contributed by atoms with Crippen molar-refractivity contribution in [1.82, 2.24) is 4.57 Å². The third-order valence-electron chi connectivity index (χ3n) is 3.63. The van der Waals surface area contributed by atoms with E-state index in [1.807, 2.05) is 12.1 Å². The zero-order chi connectivity index (χ0) is 12.5. The summed E-state index contributed by atoms with van der Waals surface area (Å²) in [5.41, 5.74) is 9.91. The molecule has 1 heterocycles. The van der Waals surface area contributed by atoms with E-state index in [1.54, 1.807) is 12.1 Å². The molecule has 94 valence electrons. The van der Waals surface area contributed by atoms with Gasteiger partial charge >= 0.3 is 0 Å². The molecule has 0 saturated carbocycles. The summed E-state index contributed by atoms with van der Waals surface area (Å²) in [4.78, 5) is 0. The van der Waals surface area contributed by atoms with Crippen molar-refractivity contribution in [1.29, 1.82) is 0 Å². The summed E-state index contributed by atoms with van der Waals surface area (Å²) in [7, 11) is 0. The van der Waals surface area contributed by atoms with Gasteiger partial charge in [-0.2, -0.15) is 0 Å². The number of aryl methyl sites for hydroxylation is 1. The molecule has 0 bridgehead atoms. The molecule has 3 heteroatoms. The number of phenols is 1. The standard InChI is InChI=1S/C15H18N2O/c16-15-6-2-4-12-9-17(10-14(12)15)8-11-3-1-5-13(18)7-11/h1,3,5,7,9-10,15,18H,2,4,6,8,16H2. The second kappa shape index (κ2) is 4.50. The number of fused-ring (bicyclic) bond motifs is 1. The smallest absolute Gasteiger partial charge is 0.115 e. The van der Waals surface area contributed by atoms with Crippen LogP contribution in [-0.4, -0.2) is 9.67 Å². The van der Waals surface area contributed by atoms with Crippen LogP contribution in [0.5, 0.6) is 5.75 Å². The third-order valence-corrected chi connectivity index (χ3v) is 3.63. The molecular weight excluding hydrogens is 224 g/mol. The molecule has 1 aliphatic carbocycles. The molecule has 0 radical (unpaired) electrons. The van der Waals surface area contributed by atoms with E-state index in [0.717, 1.165) is 24.9 Å². The van der Waals surface area contributed by atoms with Crippen molar-refractivity contribution in [3.8, 4) is 5.75 Å². The first kappa shape index (κ1) is 11.4. The van der Waals surface area contributed by atoms with Crippen LogP contribution in [-0.2, 0) is 13.0 Å². The molecule has 1 aliphatic rings. The topological polar surface area (TPSA) is 51.2 Å². The monoisotopic (exact) mass is 242 g/mol. The van der Waals surface area contributed by atoms with Crippen molar-refractivity contribution >= 4 is 0 Å². The highest BCUT2D eigenvalue weighted by Gasteiger charge is 2.18. The quantitative estimate of drug-likeness (QED) is 0.850. The molecule has 1 unspecified atom stereocenters. The summed E-state index contributed by atoms with van der Waals surface area (Å²) >= 11 is 0. The van der Waals surface area contributed by atoms with Gasteiger partial charge in [0, 0.05) is 25.0 Å². The minimum atomic E-state index is 0.194. The molecule has 0 aliphatic heterocycles. The van der Waals surface area contributed by atoms with E-state index in [9.17, 15) is 5.11 Å². The summed E-state index contributed by atoms with van der Waals surface area (Å²) in [6.07, 6.45) is 7.76. The predicted molar refractivity (Wildman–Crippen MR) is 71.5 cm³/mol. The van der Waals surface area contributed by atoms with E-state index in [2.05, 4.69) is 17.0 Å². The molecule has 18 heavy (non-hydrogen) atoms. The summed E-state index contributed by atoms with van der Waals surface area (Å²) in [5, 5.41) is 9.47. The van der Waals surface area contributed by atoms with Crippen LogP contribution in [0.15, 0.2) is 36.7 Å². The Bertz CT molecular complexity index is 559. The lowest BCUT2D eigenvalue weighted by Gasteiger charge is -2.17. The average molecular weight is 242 g/mol. The van der Waals surface area contributed by atoms with E-state index in [-0.39, 0.29) is 6.04 Å². The Kier molecular flexibility index (Phi) is 2.84. The fourth-order valence-corrected chi connectivity index (χ4v) is 2.74. The van der Waals surface area contributed by atoms with Crippen molar-refractivity contribution in [2.75, 3.05) is 0 Å². The van der Waals surface area contributed by atoms with Gasteiger partial charge in [-0.3, -0.25) is 0 Å². The maximum atomic E-state index is 9.47. The molecule has 0 amide bonds. The van der Waals surface area contributed by atoms with Crippen molar-refractivity contribution in [3.05, 3.63) is 53.3 Å². The lowest BCUT2D eigenvalue weighted by molar-refractivity contribution is 0.474. The maximum absolute atomic E-state index is 9.47. The molecule has 1 atom stereocenters. The highest BCUT2D eigenvalue weighted by Crippen LogP contribution is 2.29. The van der Waals surface area contributed by atoms with Gasteiger partial charge in [0.05, 0.1) is 0 Å². The molecule has 3 rings (SSSR count). The molecule has 0 fully saturated rings. The number of hydrogen-bond acceptors (Lipinski definition) is 2. The van der Waals surface area contributed by atoms with Gasteiger partial charge in [-0.05, 0) is 48.1 Å². The largest absolute Gasteiger partial charge is 0.508 e. The number of hydrogen-bond donors (Lipinski definition) is 2. The molecule has 1 aromatic carbocycles. The number of rotatable bonds is 2. The number of phenolic OH excluding ortho intramolecular Hbond substituents is 1. The first-order valence-electron chi connectivity index (χ1n) is 6.44. The molecule has 3 nitrogen and oxygen atoms in total. The van der Waals surface area contributed by atoms with Crippen LogP contribution in [0.25, 0.3) is 0 Å². The van der Waals surface area contributed by atoms with Gasteiger partial charge in [0.1, 0.15) is 5.75 Å². The van der Waals surface area contributed by atoms with Crippen LogP contribution in [0.2, 0.25) is 0 Å². The minimum Gasteiger partial charge on any atom is -0.508 e. The Morgan fingerprint density at radius 3 is 3.00 bits per heavy atom. The lowest BCUT2D eigenvalue weighted by Crippen LogP contribution is -2.15. The number of benzene rings is 1. The summed E-state index contributed by atoms with van der Waals surface area (Å²) in [6.45, 7) is 0.786. The zero-order valence-corrected chi connectivity index (χ0v) is 10.3. The van der Waals surface area contributed by atoms with Crippen molar-refractivity contribution in [2.45, 2.75) is 31.8 Å². The van der Waals surface area contributed by atoms with E-state index >= 15 is 0 Å². The van der Waals surface area contributed by atoms with Gasteiger partial charge in [-0.25, -0.2) is 0 Å². The molecule has 2 aromatic rings. The third kappa shape index (κ3) is 2.14. The molecule has 3 N–H and O–H groups in total. The van der Waals surface area contributed by atoms with Crippen LogP contribution >= 0.6 is 0 Å². The molecule has 0 spiro atoms. The van der Waals surface area contributed by atoms with Crippen molar-refractivity contribution in [3.63, 3.8) is 0 Å². The molecular formula is C15H18N2O. The summed E-state index contributed by atoms with van der Waals surface area (Å²) in [5.74, 6) is 0.320. The second-order valence-electron chi connectivity index (χ2n) is 5.08. The van der Waals surface area contributed by atoms with Crippen LogP contribution < -0.4 is 5.73 Å². The predicted octanol–water partition coefficient (Wildman–Crippen LogP) is 2.58. The van der Waals surface area contributed by atoms with Crippen molar-refractivity contribution in [2.24, 2.45) is 5.73 Å². The van der Waals surface area contributed by atoms with E-state index in [4.69, 9.17) is 5.73 Å². The highest BCUT2D eigenvalue weighted by atomic mass is 16.3. The Morgan fingerprint density at radius 2 is 2.22 bits per heavy atom. The van der Waals surface area contributed by atoms with Gasteiger partial charge in [0.2, 0.25) is 0 Å². The van der Waals surface area contributed by atoms with Crippen LogP contribution in [0, 0.1) is 0 Å². The van der Waals surface area contributed by atoms with Gasteiger partial charge in [-0.15, -0.1) is 0 Å². The first-order valence-corrected chi connectivity index (χ1v) is 6.44. The van der Waals surface area contributed by atoms with E-state index in [1.165, 1.54) is 17.5 Å². The number of aromatic nitrogens is 1.